The fourth-order valence-corrected chi connectivity index (χ4v) is 1.68. The van der Waals surface area contributed by atoms with Gasteiger partial charge >= 0.3 is 0 Å². The maximum Gasteiger partial charge on any atom is 0.260 e. The van der Waals surface area contributed by atoms with Crippen LogP contribution in [0.25, 0.3) is 0 Å². The molecule has 0 spiro atoms. The summed E-state index contributed by atoms with van der Waals surface area (Å²) in [5.74, 6) is 0.488. The van der Waals surface area contributed by atoms with E-state index >= 15 is 0 Å². The third kappa shape index (κ3) is 5.49. The van der Waals surface area contributed by atoms with Crippen molar-refractivity contribution in [1.82, 2.24) is 5.32 Å². The van der Waals surface area contributed by atoms with E-state index in [0.29, 0.717) is 23.9 Å². The van der Waals surface area contributed by atoms with Gasteiger partial charge in [0.05, 0.1) is 0 Å². The second-order valence-electron chi connectivity index (χ2n) is 4.31. The standard InChI is InChI=1S/C14H20ClNO3/c1-10-5-6-12(15)9-13(10)19-11(2)14(17)16-7-4-8-18-3/h5-6,9,11H,4,7-8H2,1-3H3,(H,16,17). The molecule has 1 aromatic rings. The second-order valence-corrected chi connectivity index (χ2v) is 4.74. The number of rotatable bonds is 7. The molecule has 0 radical (unpaired) electrons. The van der Waals surface area contributed by atoms with Crippen molar-refractivity contribution < 1.29 is 14.3 Å². The lowest BCUT2D eigenvalue weighted by Gasteiger charge is -2.16. The summed E-state index contributed by atoms with van der Waals surface area (Å²) in [6.07, 6.45) is 0.227. The molecule has 4 nitrogen and oxygen atoms in total. The number of amides is 1. The molecule has 0 aliphatic rings. The number of methoxy groups -OCH3 is 1. The van der Waals surface area contributed by atoms with Crippen molar-refractivity contribution in [3.63, 3.8) is 0 Å². The first-order valence-corrected chi connectivity index (χ1v) is 6.62. The molecule has 0 fully saturated rings. The summed E-state index contributed by atoms with van der Waals surface area (Å²) in [7, 11) is 1.63. The number of aryl methyl sites for hydroxylation is 1. The Balaban J connectivity index is 2.47. The molecule has 0 aliphatic heterocycles. The molecule has 1 unspecified atom stereocenters. The van der Waals surface area contributed by atoms with Crippen LogP contribution in [-0.4, -0.2) is 32.3 Å². The van der Waals surface area contributed by atoms with Crippen molar-refractivity contribution in [2.45, 2.75) is 26.4 Å². The van der Waals surface area contributed by atoms with Gasteiger partial charge in [-0.3, -0.25) is 4.79 Å². The highest BCUT2D eigenvalue weighted by Gasteiger charge is 2.15. The summed E-state index contributed by atoms with van der Waals surface area (Å²) in [5.41, 5.74) is 0.948. The Bertz CT molecular complexity index is 423. The smallest absolute Gasteiger partial charge is 0.260 e. The van der Waals surface area contributed by atoms with E-state index < -0.39 is 6.10 Å². The van der Waals surface area contributed by atoms with Crippen molar-refractivity contribution in [2.75, 3.05) is 20.3 Å². The van der Waals surface area contributed by atoms with Crippen LogP contribution < -0.4 is 10.1 Å². The van der Waals surface area contributed by atoms with Gasteiger partial charge in [0.25, 0.3) is 5.91 Å². The molecule has 0 saturated heterocycles. The van der Waals surface area contributed by atoms with Gasteiger partial charge in [0, 0.05) is 25.3 Å². The second kappa shape index (κ2) is 8.02. The fraction of sp³-hybridized carbons (Fsp3) is 0.500. The number of carbonyl (C=O) groups excluding carboxylic acids is 1. The third-order valence-corrected chi connectivity index (χ3v) is 2.88. The molecule has 0 heterocycles. The normalized spacial score (nSPS) is 12.0. The minimum absolute atomic E-state index is 0.143. The predicted molar refractivity (Wildman–Crippen MR) is 75.8 cm³/mol. The maximum atomic E-state index is 11.8. The van der Waals surface area contributed by atoms with Gasteiger partial charge in [-0.15, -0.1) is 0 Å². The van der Waals surface area contributed by atoms with Crippen molar-refractivity contribution in [1.29, 1.82) is 0 Å². The number of carbonyl (C=O) groups is 1. The summed E-state index contributed by atoms with van der Waals surface area (Å²) < 4.78 is 10.5. The summed E-state index contributed by atoms with van der Waals surface area (Å²) in [4.78, 5) is 11.8. The first-order valence-electron chi connectivity index (χ1n) is 6.24. The van der Waals surface area contributed by atoms with Gasteiger partial charge in [-0.25, -0.2) is 0 Å². The molecule has 1 rings (SSSR count). The van der Waals surface area contributed by atoms with Crippen LogP contribution in [0.4, 0.5) is 0 Å². The first kappa shape index (κ1) is 15.8. The molecule has 19 heavy (non-hydrogen) atoms. The topological polar surface area (TPSA) is 47.6 Å². The Morgan fingerprint density at radius 1 is 1.47 bits per heavy atom. The van der Waals surface area contributed by atoms with E-state index in [0.717, 1.165) is 12.0 Å². The number of nitrogens with one attached hydrogen (secondary N) is 1. The number of hydrogen-bond acceptors (Lipinski definition) is 3. The summed E-state index contributed by atoms with van der Waals surface area (Å²) >= 11 is 5.90. The van der Waals surface area contributed by atoms with Gasteiger partial charge < -0.3 is 14.8 Å². The van der Waals surface area contributed by atoms with Crippen LogP contribution in [0.2, 0.25) is 5.02 Å². The van der Waals surface area contributed by atoms with Gasteiger partial charge in [0.2, 0.25) is 0 Å². The minimum atomic E-state index is -0.556. The Morgan fingerprint density at radius 3 is 2.89 bits per heavy atom. The zero-order valence-corrected chi connectivity index (χ0v) is 12.3. The number of ether oxygens (including phenoxy) is 2. The predicted octanol–water partition coefficient (Wildman–Crippen LogP) is 2.57. The highest BCUT2D eigenvalue weighted by Crippen LogP contribution is 2.23. The Labute approximate surface area is 119 Å². The van der Waals surface area contributed by atoms with E-state index in [9.17, 15) is 4.79 Å². The van der Waals surface area contributed by atoms with E-state index in [-0.39, 0.29) is 5.91 Å². The lowest BCUT2D eigenvalue weighted by Crippen LogP contribution is -2.37. The van der Waals surface area contributed by atoms with E-state index in [1.54, 1.807) is 26.2 Å². The summed E-state index contributed by atoms with van der Waals surface area (Å²) in [6, 6.07) is 5.37. The van der Waals surface area contributed by atoms with Gasteiger partial charge in [-0.2, -0.15) is 0 Å². The highest BCUT2D eigenvalue weighted by molar-refractivity contribution is 6.30. The molecule has 0 aromatic heterocycles. The quantitative estimate of drug-likeness (QED) is 0.783. The van der Waals surface area contributed by atoms with Gasteiger partial charge in [-0.05, 0) is 38.0 Å². The van der Waals surface area contributed by atoms with Crippen molar-refractivity contribution in [3.8, 4) is 5.75 Å². The lowest BCUT2D eigenvalue weighted by atomic mass is 10.2. The molecule has 5 heteroatoms. The zero-order chi connectivity index (χ0) is 14.3. The van der Waals surface area contributed by atoms with Crippen molar-refractivity contribution in [3.05, 3.63) is 28.8 Å². The molecule has 1 aromatic carbocycles. The molecule has 1 amide bonds. The SMILES string of the molecule is COCCCNC(=O)C(C)Oc1cc(Cl)ccc1C. The van der Waals surface area contributed by atoms with Crippen LogP contribution in [0.15, 0.2) is 18.2 Å². The average molecular weight is 286 g/mol. The lowest BCUT2D eigenvalue weighted by molar-refractivity contribution is -0.127. The summed E-state index contributed by atoms with van der Waals surface area (Å²) in [6.45, 7) is 4.83. The fourth-order valence-electron chi connectivity index (χ4n) is 1.52. The van der Waals surface area contributed by atoms with Crippen LogP contribution in [0.3, 0.4) is 0 Å². The average Bonchev–Trinajstić information content (AvgIpc) is 2.38. The monoisotopic (exact) mass is 285 g/mol. The highest BCUT2D eigenvalue weighted by atomic mass is 35.5. The molecule has 0 saturated carbocycles. The largest absolute Gasteiger partial charge is 0.481 e. The van der Waals surface area contributed by atoms with Crippen LogP contribution in [0, 0.1) is 6.92 Å². The Morgan fingerprint density at radius 2 is 2.21 bits per heavy atom. The van der Waals surface area contributed by atoms with Crippen molar-refractivity contribution in [2.24, 2.45) is 0 Å². The molecule has 1 N–H and O–H groups in total. The van der Waals surface area contributed by atoms with Gasteiger partial charge in [0.1, 0.15) is 5.75 Å². The first-order chi connectivity index (χ1) is 9.04. The Kier molecular flexibility index (Phi) is 6.67. The zero-order valence-electron chi connectivity index (χ0n) is 11.5. The molecular weight excluding hydrogens is 266 g/mol. The molecule has 1 atom stereocenters. The van der Waals surface area contributed by atoms with E-state index in [4.69, 9.17) is 21.1 Å². The van der Waals surface area contributed by atoms with Crippen molar-refractivity contribution >= 4 is 17.5 Å². The van der Waals surface area contributed by atoms with Gasteiger partial charge in [-0.1, -0.05) is 17.7 Å². The maximum absolute atomic E-state index is 11.8. The number of benzene rings is 1. The van der Waals surface area contributed by atoms with Crippen LogP contribution in [-0.2, 0) is 9.53 Å². The Hall–Kier alpha value is -1.26. The van der Waals surface area contributed by atoms with E-state index in [1.165, 1.54) is 0 Å². The van der Waals surface area contributed by atoms with Crippen LogP contribution in [0.1, 0.15) is 18.9 Å². The minimum Gasteiger partial charge on any atom is -0.481 e. The van der Waals surface area contributed by atoms with Gasteiger partial charge in [0.15, 0.2) is 6.10 Å². The number of halogens is 1. The third-order valence-electron chi connectivity index (χ3n) is 2.65. The summed E-state index contributed by atoms with van der Waals surface area (Å²) in [5, 5.41) is 3.39. The molecule has 0 aliphatic carbocycles. The number of hydrogen-bond donors (Lipinski definition) is 1. The molecule has 0 bridgehead atoms. The molecule has 106 valence electrons. The van der Waals surface area contributed by atoms with E-state index in [2.05, 4.69) is 5.32 Å². The van der Waals surface area contributed by atoms with E-state index in [1.807, 2.05) is 13.0 Å². The molecular formula is C14H20ClNO3. The van der Waals surface area contributed by atoms with Crippen LogP contribution >= 0.6 is 11.6 Å². The van der Waals surface area contributed by atoms with Crippen LogP contribution in [0.5, 0.6) is 5.75 Å².